The third kappa shape index (κ3) is 3.66. The van der Waals surface area contributed by atoms with Gasteiger partial charge in [-0.15, -0.1) is 0 Å². The molecular formula is C20H19FN4O3. The first-order valence-electron chi connectivity index (χ1n) is 8.97. The van der Waals surface area contributed by atoms with Gasteiger partial charge in [-0.05, 0) is 42.3 Å². The smallest absolute Gasteiger partial charge is 0.229 e. The van der Waals surface area contributed by atoms with Crippen molar-refractivity contribution in [1.29, 1.82) is 0 Å². The lowest BCUT2D eigenvalue weighted by Crippen LogP contribution is -2.29. The third-order valence-corrected chi connectivity index (χ3v) is 4.43. The highest BCUT2D eigenvalue weighted by molar-refractivity contribution is 5.91. The predicted molar refractivity (Wildman–Crippen MR) is 99.8 cm³/mol. The maximum Gasteiger partial charge on any atom is 0.229 e. The van der Waals surface area contributed by atoms with Crippen molar-refractivity contribution >= 4 is 11.9 Å². The van der Waals surface area contributed by atoms with Gasteiger partial charge in [-0.1, -0.05) is 18.2 Å². The molecule has 144 valence electrons. The van der Waals surface area contributed by atoms with E-state index in [0.29, 0.717) is 24.1 Å². The van der Waals surface area contributed by atoms with E-state index in [1.165, 1.54) is 18.5 Å². The van der Waals surface area contributed by atoms with Crippen LogP contribution in [0, 0.1) is 5.82 Å². The zero-order valence-corrected chi connectivity index (χ0v) is 15.3. The largest absolute Gasteiger partial charge is 0.490 e. The Labute approximate surface area is 161 Å². The van der Waals surface area contributed by atoms with Crippen molar-refractivity contribution in [3.63, 3.8) is 0 Å². The van der Waals surface area contributed by atoms with Crippen LogP contribution in [0.5, 0.6) is 11.5 Å². The number of carbonyl (C=O) groups excluding carboxylic acids is 1. The second-order valence-corrected chi connectivity index (χ2v) is 6.35. The van der Waals surface area contributed by atoms with E-state index >= 15 is 0 Å². The topological polar surface area (TPSA) is 78.3 Å². The van der Waals surface area contributed by atoms with Crippen molar-refractivity contribution < 1.29 is 18.7 Å². The summed E-state index contributed by atoms with van der Waals surface area (Å²) in [6.45, 7) is 2.56. The minimum Gasteiger partial charge on any atom is -0.490 e. The molecule has 0 bridgehead atoms. The van der Waals surface area contributed by atoms with Crippen LogP contribution in [0.3, 0.4) is 0 Å². The van der Waals surface area contributed by atoms with Crippen molar-refractivity contribution in [3.8, 4) is 11.5 Å². The van der Waals surface area contributed by atoms with Gasteiger partial charge >= 0.3 is 0 Å². The van der Waals surface area contributed by atoms with Gasteiger partial charge in [0, 0.05) is 0 Å². The molecule has 1 aliphatic heterocycles. The summed E-state index contributed by atoms with van der Waals surface area (Å²) in [6.07, 6.45) is 1.67. The van der Waals surface area contributed by atoms with Crippen LogP contribution in [-0.2, 0) is 11.4 Å². The lowest BCUT2D eigenvalue weighted by Gasteiger charge is -2.24. The van der Waals surface area contributed by atoms with Crippen LogP contribution in [-0.4, -0.2) is 27.3 Å². The molecule has 1 aliphatic rings. The Morgan fingerprint density at radius 1 is 1.21 bits per heavy atom. The van der Waals surface area contributed by atoms with E-state index in [-0.39, 0.29) is 30.8 Å². The lowest BCUT2D eigenvalue weighted by molar-refractivity contribution is -0.117. The molecule has 0 radical (unpaired) electrons. The maximum absolute atomic E-state index is 13.4. The molecule has 0 aliphatic carbocycles. The molecule has 1 amide bonds. The minimum atomic E-state index is -0.305. The number of carbonyl (C=O) groups is 1. The number of anilines is 1. The van der Waals surface area contributed by atoms with Gasteiger partial charge in [0.15, 0.2) is 11.5 Å². The summed E-state index contributed by atoms with van der Waals surface area (Å²) in [6, 6.07) is 11.5. The van der Waals surface area contributed by atoms with Crippen LogP contribution >= 0.6 is 0 Å². The highest BCUT2D eigenvalue weighted by Crippen LogP contribution is 2.35. The quantitative estimate of drug-likeness (QED) is 0.708. The molecule has 0 saturated heterocycles. The predicted octanol–water partition coefficient (Wildman–Crippen LogP) is 3.33. The van der Waals surface area contributed by atoms with E-state index < -0.39 is 0 Å². The normalized spacial score (nSPS) is 15.6. The number of nitrogens with zero attached hydrogens (tertiary/aromatic N) is 3. The summed E-state index contributed by atoms with van der Waals surface area (Å²) in [5, 5.41) is 6.91. The maximum atomic E-state index is 13.4. The fourth-order valence-corrected chi connectivity index (χ4v) is 3.17. The number of hydrogen-bond acceptors (Lipinski definition) is 5. The highest BCUT2D eigenvalue weighted by atomic mass is 19.1. The van der Waals surface area contributed by atoms with E-state index in [0.717, 1.165) is 11.1 Å². The average Bonchev–Trinajstić information content (AvgIpc) is 3.15. The summed E-state index contributed by atoms with van der Waals surface area (Å²) >= 11 is 0. The number of aromatic nitrogens is 3. The second kappa shape index (κ2) is 7.67. The van der Waals surface area contributed by atoms with Crippen molar-refractivity contribution in [2.45, 2.75) is 26.0 Å². The van der Waals surface area contributed by atoms with Crippen molar-refractivity contribution in [2.75, 3.05) is 11.9 Å². The van der Waals surface area contributed by atoms with Gasteiger partial charge in [-0.25, -0.2) is 9.07 Å². The number of ether oxygens (including phenoxy) is 2. The van der Waals surface area contributed by atoms with E-state index in [1.807, 2.05) is 19.1 Å². The summed E-state index contributed by atoms with van der Waals surface area (Å²) in [5.41, 5.74) is 1.59. The number of fused-ring (bicyclic) bond motifs is 1. The molecule has 1 N–H and O–H groups in total. The molecule has 0 spiro atoms. The molecule has 4 rings (SSSR count). The monoisotopic (exact) mass is 382 g/mol. The Bertz CT molecular complexity index is 1000. The zero-order chi connectivity index (χ0) is 19.5. The van der Waals surface area contributed by atoms with Crippen molar-refractivity contribution in [3.05, 3.63) is 65.7 Å². The molecule has 1 unspecified atom stereocenters. The molecule has 0 saturated carbocycles. The van der Waals surface area contributed by atoms with E-state index in [1.54, 1.807) is 22.9 Å². The number of nitrogens with one attached hydrogen (secondary N) is 1. The Morgan fingerprint density at radius 2 is 2.11 bits per heavy atom. The summed E-state index contributed by atoms with van der Waals surface area (Å²) in [4.78, 5) is 16.1. The van der Waals surface area contributed by atoms with Crippen LogP contribution in [0.15, 0.2) is 48.8 Å². The van der Waals surface area contributed by atoms with Crippen LogP contribution < -0.4 is 14.8 Å². The number of hydrogen-bond donors (Lipinski definition) is 1. The zero-order valence-electron chi connectivity index (χ0n) is 15.3. The molecule has 2 heterocycles. The summed E-state index contributed by atoms with van der Waals surface area (Å²) in [5.74, 6) is 1.11. The van der Waals surface area contributed by atoms with Crippen LogP contribution in [0.1, 0.15) is 30.5 Å². The molecule has 1 atom stereocenters. The van der Waals surface area contributed by atoms with Gasteiger partial charge in [-0.3, -0.25) is 10.1 Å². The molecular weight excluding hydrogens is 363 g/mol. The Morgan fingerprint density at radius 3 is 2.93 bits per heavy atom. The van der Waals surface area contributed by atoms with Crippen LogP contribution in [0.4, 0.5) is 10.3 Å². The Hall–Kier alpha value is -3.42. The minimum absolute atomic E-state index is 0.116. The summed E-state index contributed by atoms with van der Waals surface area (Å²) < 4.78 is 26.6. The Balaban J connectivity index is 1.60. The van der Waals surface area contributed by atoms with Crippen LogP contribution in [0.2, 0.25) is 0 Å². The molecule has 0 fully saturated rings. The summed E-state index contributed by atoms with van der Waals surface area (Å²) in [7, 11) is 0. The first-order chi connectivity index (χ1) is 13.6. The van der Waals surface area contributed by atoms with Crippen molar-refractivity contribution in [2.24, 2.45) is 0 Å². The molecule has 1 aromatic heterocycles. The van der Waals surface area contributed by atoms with Gasteiger partial charge in [0.1, 0.15) is 18.8 Å². The third-order valence-electron chi connectivity index (χ3n) is 4.43. The standard InChI is InChI=1S/C20H19FN4O3/c1-2-27-18-9-14(16-10-19(26)24-20-22-12-23-25(16)20)6-7-17(18)28-11-13-4-3-5-15(21)8-13/h3-9,12,16H,2,10-11H2,1H3,(H,22,23,24,26). The second-order valence-electron chi connectivity index (χ2n) is 6.35. The van der Waals surface area contributed by atoms with E-state index in [2.05, 4.69) is 15.4 Å². The number of benzene rings is 2. The molecule has 7 nitrogen and oxygen atoms in total. The van der Waals surface area contributed by atoms with Gasteiger partial charge in [0.25, 0.3) is 0 Å². The van der Waals surface area contributed by atoms with Gasteiger partial charge in [0.2, 0.25) is 11.9 Å². The van der Waals surface area contributed by atoms with E-state index in [4.69, 9.17) is 9.47 Å². The van der Waals surface area contributed by atoms with Gasteiger partial charge < -0.3 is 9.47 Å². The average molecular weight is 382 g/mol. The lowest BCUT2D eigenvalue weighted by atomic mass is 10.0. The van der Waals surface area contributed by atoms with Gasteiger partial charge in [0.05, 0.1) is 19.1 Å². The fraction of sp³-hybridized carbons (Fsp3) is 0.250. The number of rotatable bonds is 6. The molecule has 28 heavy (non-hydrogen) atoms. The van der Waals surface area contributed by atoms with Gasteiger partial charge in [-0.2, -0.15) is 10.1 Å². The highest BCUT2D eigenvalue weighted by Gasteiger charge is 2.28. The molecule has 2 aromatic carbocycles. The fourth-order valence-electron chi connectivity index (χ4n) is 3.17. The molecule has 3 aromatic rings. The number of halogens is 1. The number of amides is 1. The SMILES string of the molecule is CCOc1cc(C2CC(=O)Nc3ncnn32)ccc1OCc1cccc(F)c1. The first-order valence-corrected chi connectivity index (χ1v) is 8.97. The molecule has 8 heteroatoms. The Kier molecular flexibility index (Phi) is 4.92. The first kappa shape index (κ1) is 18.0. The van der Waals surface area contributed by atoms with Crippen LogP contribution in [0.25, 0.3) is 0 Å². The van der Waals surface area contributed by atoms with E-state index in [9.17, 15) is 9.18 Å². The van der Waals surface area contributed by atoms with Crippen molar-refractivity contribution in [1.82, 2.24) is 14.8 Å².